The second-order valence-corrected chi connectivity index (χ2v) is 7.44. The van der Waals surface area contributed by atoms with Gasteiger partial charge in [-0.15, -0.1) is 0 Å². The maximum atomic E-state index is 13.6. The average Bonchev–Trinajstić information content (AvgIpc) is 3.35. The molecule has 3 rings (SSSR count). The Hall–Kier alpha value is -2.54. The van der Waals surface area contributed by atoms with E-state index in [0.29, 0.717) is 26.3 Å². The number of ether oxygens (including phenoxy) is 1. The van der Waals surface area contributed by atoms with Crippen molar-refractivity contribution >= 4 is 23.4 Å². The molecule has 6 nitrogen and oxygen atoms in total. The fourth-order valence-electron chi connectivity index (χ4n) is 3.80. The van der Waals surface area contributed by atoms with Crippen LogP contribution in [0.4, 0.5) is 10.1 Å². The Labute approximate surface area is 171 Å². The van der Waals surface area contributed by atoms with Crippen LogP contribution < -0.4 is 10.2 Å². The molecule has 1 fully saturated rings. The van der Waals surface area contributed by atoms with Gasteiger partial charge >= 0.3 is 0 Å². The zero-order chi connectivity index (χ0) is 20.8. The van der Waals surface area contributed by atoms with Crippen LogP contribution in [0.5, 0.6) is 0 Å². The first-order chi connectivity index (χ1) is 14.0. The van der Waals surface area contributed by atoms with E-state index in [9.17, 15) is 9.18 Å². The number of aliphatic imine (C=N–C) groups is 2. The molecule has 1 aromatic carbocycles. The molecular weight excluding hydrogens is 371 g/mol. The second-order valence-electron chi connectivity index (χ2n) is 7.44. The standard InChI is InChI=1S/C22H29FN4O2/c1-4-24-14-25-22(27-9-7-17-12-19(23)5-6-20(17)27)16(3)26-15(2)11-21(28)18-8-10-29-13-18/h4-6,12,18,25H,7-11,13-14H2,1-3H3/b22-16-,24-4+,26-15+. The molecule has 0 saturated carbocycles. The highest BCUT2D eigenvalue weighted by Gasteiger charge is 2.25. The lowest BCUT2D eigenvalue weighted by atomic mass is 9.99. The number of carbonyl (C=O) groups excluding carboxylic acids is 1. The fraction of sp³-hybridized carbons (Fsp3) is 0.500. The Morgan fingerprint density at radius 1 is 1.41 bits per heavy atom. The van der Waals surface area contributed by atoms with Crippen LogP contribution in [-0.2, 0) is 16.0 Å². The van der Waals surface area contributed by atoms with Crippen molar-refractivity contribution in [2.75, 3.05) is 31.3 Å². The van der Waals surface area contributed by atoms with Gasteiger partial charge in [-0.05, 0) is 63.6 Å². The van der Waals surface area contributed by atoms with Crippen molar-refractivity contribution in [3.05, 3.63) is 41.1 Å². The molecular formula is C22H29FN4O2. The first-order valence-electron chi connectivity index (χ1n) is 10.1. The van der Waals surface area contributed by atoms with Gasteiger partial charge in [0.1, 0.15) is 24.1 Å². The number of hydrogen-bond acceptors (Lipinski definition) is 6. The van der Waals surface area contributed by atoms with Gasteiger partial charge in [-0.1, -0.05) is 0 Å². The van der Waals surface area contributed by atoms with E-state index in [2.05, 4.69) is 15.2 Å². The number of benzene rings is 1. The first kappa shape index (κ1) is 21.2. The van der Waals surface area contributed by atoms with Crippen molar-refractivity contribution in [3.63, 3.8) is 0 Å². The number of halogens is 1. The Morgan fingerprint density at radius 3 is 2.97 bits per heavy atom. The molecule has 2 aliphatic rings. The van der Waals surface area contributed by atoms with E-state index < -0.39 is 0 Å². The summed E-state index contributed by atoms with van der Waals surface area (Å²) in [4.78, 5) is 23.5. The van der Waals surface area contributed by atoms with Crippen LogP contribution in [0, 0.1) is 11.7 Å². The molecule has 0 amide bonds. The number of carbonyl (C=O) groups is 1. The lowest BCUT2D eigenvalue weighted by Crippen LogP contribution is -2.32. The summed E-state index contributed by atoms with van der Waals surface area (Å²) in [6.45, 7) is 8.01. The molecule has 2 heterocycles. The Kier molecular flexibility index (Phi) is 7.14. The number of rotatable bonds is 8. The summed E-state index contributed by atoms with van der Waals surface area (Å²) in [5.74, 6) is 0.779. The smallest absolute Gasteiger partial charge is 0.143 e. The number of anilines is 1. The Bertz CT molecular complexity index is 841. The highest BCUT2D eigenvalue weighted by atomic mass is 19.1. The molecule has 156 valence electrons. The SMILES string of the molecule is C/C=N/CN/C(=C(C)/N=C(\C)CC(=O)C1CCOC1)N1CCc2cc(F)ccc21. The predicted molar refractivity (Wildman–Crippen MR) is 114 cm³/mol. The lowest BCUT2D eigenvalue weighted by Gasteiger charge is -2.25. The van der Waals surface area contributed by atoms with Gasteiger partial charge in [-0.2, -0.15) is 0 Å². The molecule has 0 radical (unpaired) electrons. The van der Waals surface area contributed by atoms with Gasteiger partial charge in [0.15, 0.2) is 0 Å². The van der Waals surface area contributed by atoms with Crippen molar-refractivity contribution in [1.29, 1.82) is 0 Å². The van der Waals surface area contributed by atoms with Crippen molar-refractivity contribution in [2.24, 2.45) is 15.9 Å². The van der Waals surface area contributed by atoms with Crippen LogP contribution >= 0.6 is 0 Å². The van der Waals surface area contributed by atoms with Crippen molar-refractivity contribution in [1.82, 2.24) is 5.32 Å². The van der Waals surface area contributed by atoms with Crippen LogP contribution in [0.3, 0.4) is 0 Å². The Morgan fingerprint density at radius 2 is 2.24 bits per heavy atom. The van der Waals surface area contributed by atoms with Crippen LogP contribution in [0.15, 0.2) is 39.7 Å². The van der Waals surface area contributed by atoms with E-state index in [1.807, 2.05) is 20.8 Å². The predicted octanol–water partition coefficient (Wildman–Crippen LogP) is 3.47. The molecule has 1 unspecified atom stereocenters. The average molecular weight is 400 g/mol. The maximum Gasteiger partial charge on any atom is 0.143 e. The van der Waals surface area contributed by atoms with E-state index in [1.54, 1.807) is 18.3 Å². The molecule has 2 aliphatic heterocycles. The minimum absolute atomic E-state index is 0.0127. The first-order valence-corrected chi connectivity index (χ1v) is 10.1. The third-order valence-corrected chi connectivity index (χ3v) is 5.24. The van der Waals surface area contributed by atoms with Gasteiger partial charge < -0.3 is 15.0 Å². The summed E-state index contributed by atoms with van der Waals surface area (Å²) in [5.41, 5.74) is 3.51. The number of allylic oxidation sites excluding steroid dienone is 1. The third kappa shape index (κ3) is 5.29. The molecule has 0 aromatic heterocycles. The maximum absolute atomic E-state index is 13.6. The van der Waals surface area contributed by atoms with Crippen molar-refractivity contribution < 1.29 is 13.9 Å². The summed E-state index contributed by atoms with van der Waals surface area (Å²) in [7, 11) is 0. The molecule has 29 heavy (non-hydrogen) atoms. The number of hydrogen-bond donors (Lipinski definition) is 1. The van der Waals surface area contributed by atoms with Gasteiger partial charge in [0.2, 0.25) is 0 Å². The monoisotopic (exact) mass is 400 g/mol. The Balaban J connectivity index is 1.83. The van der Waals surface area contributed by atoms with E-state index in [0.717, 1.165) is 47.9 Å². The van der Waals surface area contributed by atoms with Crippen molar-refractivity contribution in [3.8, 4) is 0 Å². The van der Waals surface area contributed by atoms with E-state index >= 15 is 0 Å². The van der Waals surface area contributed by atoms with Crippen molar-refractivity contribution in [2.45, 2.75) is 40.0 Å². The summed E-state index contributed by atoms with van der Waals surface area (Å²) >= 11 is 0. The van der Waals surface area contributed by atoms with Gasteiger partial charge in [-0.3, -0.25) is 14.8 Å². The molecule has 1 N–H and O–H groups in total. The van der Waals surface area contributed by atoms with Gasteiger partial charge in [-0.25, -0.2) is 4.39 Å². The van der Waals surface area contributed by atoms with Gasteiger partial charge in [0.05, 0.1) is 12.3 Å². The normalized spacial score (nSPS) is 20.2. The topological polar surface area (TPSA) is 66.3 Å². The third-order valence-electron chi connectivity index (χ3n) is 5.24. The number of nitrogens with zero attached hydrogens (tertiary/aromatic N) is 3. The summed E-state index contributed by atoms with van der Waals surface area (Å²) < 4.78 is 18.9. The highest BCUT2D eigenvalue weighted by Crippen LogP contribution is 2.32. The van der Waals surface area contributed by atoms with Crippen LogP contribution in [0.25, 0.3) is 0 Å². The quantitative estimate of drug-likeness (QED) is 0.679. The van der Waals surface area contributed by atoms with Crippen LogP contribution in [0.1, 0.15) is 39.2 Å². The number of Topliss-reactive ketones (excluding diaryl/α,β-unsaturated/α-hetero) is 1. The van der Waals surface area contributed by atoms with Crippen LogP contribution in [-0.4, -0.2) is 44.1 Å². The molecule has 7 heteroatoms. The van der Waals surface area contributed by atoms with E-state index in [4.69, 9.17) is 9.73 Å². The molecule has 1 saturated heterocycles. The summed E-state index contributed by atoms with van der Waals surface area (Å²) in [5, 5.41) is 3.33. The van der Waals surface area contributed by atoms with Gasteiger partial charge in [0.25, 0.3) is 0 Å². The van der Waals surface area contributed by atoms with Crippen LogP contribution in [0.2, 0.25) is 0 Å². The lowest BCUT2D eigenvalue weighted by molar-refractivity contribution is -0.121. The van der Waals surface area contributed by atoms with E-state index in [1.165, 1.54) is 6.07 Å². The van der Waals surface area contributed by atoms with Gasteiger partial charge in [0, 0.05) is 36.9 Å². The zero-order valence-electron chi connectivity index (χ0n) is 17.4. The minimum atomic E-state index is -0.223. The molecule has 1 aromatic rings. The van der Waals surface area contributed by atoms with E-state index in [-0.39, 0.29) is 17.5 Å². The fourth-order valence-corrected chi connectivity index (χ4v) is 3.80. The molecule has 1 atom stereocenters. The second kappa shape index (κ2) is 9.78. The number of ketones is 1. The summed E-state index contributed by atoms with van der Waals surface area (Å²) in [6, 6.07) is 4.87. The largest absolute Gasteiger partial charge is 0.381 e. The minimum Gasteiger partial charge on any atom is -0.381 e. The number of fused-ring (bicyclic) bond motifs is 1. The molecule has 0 spiro atoms. The number of nitrogens with one attached hydrogen (secondary N) is 1. The highest BCUT2D eigenvalue weighted by molar-refractivity contribution is 6.02. The zero-order valence-corrected chi connectivity index (χ0v) is 17.4. The molecule has 0 aliphatic carbocycles. The molecule has 0 bridgehead atoms. The summed E-state index contributed by atoms with van der Waals surface area (Å²) in [6.07, 6.45) is 3.63.